The van der Waals surface area contributed by atoms with Gasteiger partial charge in [-0.2, -0.15) is 0 Å². The molecule has 0 heterocycles. The molecule has 3 aromatic rings. The molecule has 4 nitrogen and oxygen atoms in total. The number of ether oxygens (including phenoxy) is 1. The van der Waals surface area contributed by atoms with Crippen molar-refractivity contribution in [3.05, 3.63) is 108 Å². The van der Waals surface area contributed by atoms with Crippen molar-refractivity contribution >= 4 is 17.9 Å². The highest BCUT2D eigenvalue weighted by Gasteiger charge is 2.36. The molecule has 2 N–H and O–H groups in total. The minimum absolute atomic E-state index is 0.230. The Balaban J connectivity index is 1.47. The quantitative estimate of drug-likeness (QED) is 0.173. The molecular formula is C32H42N2O2S. The van der Waals surface area contributed by atoms with Crippen molar-refractivity contribution in [2.45, 2.75) is 56.8 Å². The van der Waals surface area contributed by atoms with Crippen LogP contribution in [0.1, 0.15) is 63.1 Å². The van der Waals surface area contributed by atoms with E-state index >= 15 is 0 Å². The molecule has 0 atom stereocenters. The van der Waals surface area contributed by atoms with Gasteiger partial charge in [0, 0.05) is 13.1 Å². The molecule has 3 aromatic carbocycles. The van der Waals surface area contributed by atoms with E-state index in [0.717, 1.165) is 25.3 Å². The third kappa shape index (κ3) is 9.24. The van der Waals surface area contributed by atoms with Crippen molar-refractivity contribution < 1.29 is 9.53 Å². The number of nitrogens with one attached hydrogen (secondary N) is 2. The maximum atomic E-state index is 11.7. The standard InChI is InChI=1S/C32H42N2O2S/c1-31(2,3)36-30(35)34-25-24-33-23-15-4-5-16-26-37-32(27-17-9-6-10-18-27,28-19-11-7-12-20-28)29-21-13-8-14-22-29/h6-14,17-22,33H,4-5,15-16,23-26H2,1-3H3,(H,34,35). The van der Waals surface area contributed by atoms with Crippen LogP contribution in [0.15, 0.2) is 91.0 Å². The van der Waals surface area contributed by atoms with Crippen molar-refractivity contribution in [1.29, 1.82) is 0 Å². The Hall–Kier alpha value is -2.76. The van der Waals surface area contributed by atoms with Gasteiger partial charge in [-0.3, -0.25) is 0 Å². The van der Waals surface area contributed by atoms with Gasteiger partial charge in [-0.05, 0) is 62.6 Å². The van der Waals surface area contributed by atoms with Crippen molar-refractivity contribution in [3.63, 3.8) is 0 Å². The summed E-state index contributed by atoms with van der Waals surface area (Å²) in [7, 11) is 0. The predicted octanol–water partition coefficient (Wildman–Crippen LogP) is 7.39. The Bertz CT molecular complexity index is 940. The molecule has 0 spiro atoms. The predicted molar refractivity (Wildman–Crippen MR) is 157 cm³/mol. The van der Waals surface area contributed by atoms with Crippen LogP contribution in [-0.4, -0.2) is 37.1 Å². The third-order valence-electron chi connectivity index (χ3n) is 6.08. The average Bonchev–Trinajstić information content (AvgIpc) is 2.90. The van der Waals surface area contributed by atoms with Crippen molar-refractivity contribution in [2.24, 2.45) is 0 Å². The first-order valence-corrected chi connectivity index (χ1v) is 14.4. The number of unbranched alkanes of at least 4 members (excludes halogenated alkanes) is 3. The topological polar surface area (TPSA) is 50.4 Å². The molecule has 198 valence electrons. The molecule has 0 aliphatic heterocycles. The van der Waals surface area contributed by atoms with E-state index in [-0.39, 0.29) is 10.8 Å². The van der Waals surface area contributed by atoms with Crippen molar-refractivity contribution in [2.75, 3.05) is 25.4 Å². The number of hydrogen-bond acceptors (Lipinski definition) is 4. The fraction of sp³-hybridized carbons (Fsp3) is 0.406. The Labute approximate surface area is 227 Å². The molecule has 1 amide bonds. The molecule has 0 saturated carbocycles. The van der Waals surface area contributed by atoms with Crippen molar-refractivity contribution in [1.82, 2.24) is 10.6 Å². The van der Waals surface area contributed by atoms with Crippen LogP contribution in [0.3, 0.4) is 0 Å². The highest BCUT2D eigenvalue weighted by Crippen LogP contribution is 2.48. The summed E-state index contributed by atoms with van der Waals surface area (Å²) in [5.74, 6) is 1.09. The molecule has 0 aliphatic rings. The average molecular weight is 519 g/mol. The van der Waals surface area contributed by atoms with E-state index in [9.17, 15) is 4.79 Å². The number of benzene rings is 3. The third-order valence-corrected chi connectivity index (χ3v) is 7.71. The minimum atomic E-state index is -0.460. The molecule has 37 heavy (non-hydrogen) atoms. The summed E-state index contributed by atoms with van der Waals surface area (Å²) in [6.45, 7) is 7.90. The summed E-state index contributed by atoms with van der Waals surface area (Å²) in [6.07, 6.45) is 4.36. The highest BCUT2D eigenvalue weighted by molar-refractivity contribution is 8.00. The summed E-state index contributed by atoms with van der Waals surface area (Å²) >= 11 is 2.04. The molecule has 0 aromatic heterocycles. The molecule has 0 aliphatic carbocycles. The largest absolute Gasteiger partial charge is 0.444 e. The van der Waals surface area contributed by atoms with Crippen molar-refractivity contribution in [3.8, 4) is 0 Å². The van der Waals surface area contributed by atoms with Gasteiger partial charge in [-0.25, -0.2) is 4.79 Å². The summed E-state index contributed by atoms with van der Waals surface area (Å²) in [6, 6.07) is 32.7. The number of rotatable bonds is 14. The summed E-state index contributed by atoms with van der Waals surface area (Å²) in [4.78, 5) is 11.7. The highest BCUT2D eigenvalue weighted by atomic mass is 32.2. The van der Waals surface area contributed by atoms with Gasteiger partial charge in [-0.15, -0.1) is 11.8 Å². The minimum Gasteiger partial charge on any atom is -0.444 e. The van der Waals surface area contributed by atoms with Crippen LogP contribution in [0, 0.1) is 0 Å². The summed E-state index contributed by atoms with van der Waals surface area (Å²) in [5.41, 5.74) is 3.50. The van der Waals surface area contributed by atoms with Gasteiger partial charge in [0.15, 0.2) is 0 Å². The number of carbonyl (C=O) groups excluding carboxylic acids is 1. The first-order valence-electron chi connectivity index (χ1n) is 13.4. The van der Waals surface area contributed by atoms with Crippen LogP contribution in [0.5, 0.6) is 0 Å². The number of thioether (sulfide) groups is 1. The molecule has 5 heteroatoms. The van der Waals surface area contributed by atoms with Gasteiger partial charge in [0.2, 0.25) is 0 Å². The number of hydrogen-bond donors (Lipinski definition) is 2. The normalized spacial score (nSPS) is 11.8. The first kappa shape index (κ1) is 28.8. The van der Waals surface area contributed by atoms with E-state index in [1.54, 1.807) is 0 Å². The summed E-state index contributed by atoms with van der Waals surface area (Å²) in [5, 5.41) is 6.19. The van der Waals surface area contributed by atoms with Crippen LogP contribution in [0.2, 0.25) is 0 Å². The van der Waals surface area contributed by atoms with E-state index in [1.165, 1.54) is 36.0 Å². The molecule has 0 bridgehead atoms. The smallest absolute Gasteiger partial charge is 0.407 e. The van der Waals surface area contributed by atoms with E-state index in [4.69, 9.17) is 4.74 Å². The number of alkyl carbamates (subject to hydrolysis) is 1. The van der Waals surface area contributed by atoms with Gasteiger partial charge in [0.25, 0.3) is 0 Å². The van der Waals surface area contributed by atoms with E-state index in [2.05, 4.69) is 102 Å². The van der Waals surface area contributed by atoms with Crippen LogP contribution >= 0.6 is 11.8 Å². The van der Waals surface area contributed by atoms with Gasteiger partial charge >= 0.3 is 6.09 Å². The fourth-order valence-electron chi connectivity index (χ4n) is 4.39. The molecule has 0 unspecified atom stereocenters. The second-order valence-corrected chi connectivity index (χ2v) is 11.5. The zero-order chi connectivity index (χ0) is 26.4. The molecule has 3 rings (SSSR count). The van der Waals surface area contributed by atoms with Gasteiger partial charge < -0.3 is 15.4 Å². The van der Waals surface area contributed by atoms with E-state index < -0.39 is 5.60 Å². The fourth-order valence-corrected chi connectivity index (χ4v) is 5.95. The lowest BCUT2D eigenvalue weighted by atomic mass is 9.84. The first-order chi connectivity index (χ1) is 17.9. The molecule has 0 fully saturated rings. The maximum absolute atomic E-state index is 11.7. The number of amides is 1. The Morgan fingerprint density at radius 2 is 1.16 bits per heavy atom. The van der Waals surface area contributed by atoms with Crippen LogP contribution in [0.25, 0.3) is 0 Å². The van der Waals surface area contributed by atoms with Gasteiger partial charge in [0.1, 0.15) is 5.60 Å². The monoisotopic (exact) mass is 518 g/mol. The molecule has 0 saturated heterocycles. The van der Waals surface area contributed by atoms with Crippen LogP contribution in [0.4, 0.5) is 4.79 Å². The zero-order valence-corrected chi connectivity index (χ0v) is 23.4. The molecule has 0 radical (unpaired) electrons. The SMILES string of the molecule is CC(C)(C)OC(=O)NCCNCCCCCCSC(c1ccccc1)(c1ccccc1)c1ccccc1. The van der Waals surface area contributed by atoms with E-state index in [1.807, 2.05) is 32.5 Å². The Morgan fingerprint density at radius 1 is 0.676 bits per heavy atom. The lowest BCUT2D eigenvalue weighted by Crippen LogP contribution is -2.36. The second kappa shape index (κ2) is 14.8. The summed E-state index contributed by atoms with van der Waals surface area (Å²) < 4.78 is 5.02. The number of carbonyl (C=O) groups is 1. The Morgan fingerprint density at radius 3 is 1.65 bits per heavy atom. The lowest BCUT2D eigenvalue weighted by molar-refractivity contribution is 0.0528. The second-order valence-electron chi connectivity index (χ2n) is 10.2. The van der Waals surface area contributed by atoms with E-state index in [0.29, 0.717) is 6.54 Å². The van der Waals surface area contributed by atoms with Crippen LogP contribution in [-0.2, 0) is 9.48 Å². The van der Waals surface area contributed by atoms with Gasteiger partial charge in [-0.1, -0.05) is 104 Å². The lowest BCUT2D eigenvalue weighted by Gasteiger charge is -2.35. The zero-order valence-electron chi connectivity index (χ0n) is 22.5. The Kier molecular flexibility index (Phi) is 11.6. The van der Waals surface area contributed by atoms with Crippen LogP contribution < -0.4 is 10.6 Å². The van der Waals surface area contributed by atoms with Gasteiger partial charge in [0.05, 0.1) is 4.75 Å². The molecular weight excluding hydrogens is 476 g/mol. The maximum Gasteiger partial charge on any atom is 0.407 e.